The zero-order valence-electron chi connectivity index (χ0n) is 20.0. The van der Waals surface area contributed by atoms with Crippen LogP contribution < -0.4 is 15.4 Å². The van der Waals surface area contributed by atoms with Crippen LogP contribution in [-0.4, -0.2) is 51.7 Å². The molecule has 1 saturated heterocycles. The molecule has 2 aliphatic heterocycles. The van der Waals surface area contributed by atoms with E-state index in [1.54, 1.807) is 18.1 Å². The number of urea groups is 1. The van der Waals surface area contributed by atoms with E-state index < -0.39 is 11.6 Å². The van der Waals surface area contributed by atoms with Crippen molar-refractivity contribution in [2.45, 2.75) is 63.1 Å². The van der Waals surface area contributed by atoms with Crippen molar-refractivity contribution in [2.24, 2.45) is 11.8 Å². The Morgan fingerprint density at radius 1 is 1.11 bits per heavy atom. The number of nitrogens with zero attached hydrogens (tertiary/aromatic N) is 3. The lowest BCUT2D eigenvalue weighted by atomic mass is 9.70. The summed E-state index contributed by atoms with van der Waals surface area (Å²) in [6, 6.07) is 4.99. The number of ether oxygens (including phenoxy) is 1. The van der Waals surface area contributed by atoms with Crippen LogP contribution in [0.4, 0.5) is 4.79 Å². The van der Waals surface area contributed by atoms with Crippen LogP contribution in [-0.2, 0) is 17.9 Å². The van der Waals surface area contributed by atoms with Gasteiger partial charge in [-0.1, -0.05) is 6.07 Å². The van der Waals surface area contributed by atoms with Gasteiger partial charge in [0.25, 0.3) is 11.8 Å². The van der Waals surface area contributed by atoms with Gasteiger partial charge in [-0.05, 0) is 79.5 Å². The van der Waals surface area contributed by atoms with E-state index in [1.807, 2.05) is 18.3 Å². The summed E-state index contributed by atoms with van der Waals surface area (Å²) in [6.45, 7) is 1.58. The van der Waals surface area contributed by atoms with Crippen molar-refractivity contribution in [3.05, 3.63) is 47.3 Å². The number of benzene rings is 1. The van der Waals surface area contributed by atoms with Gasteiger partial charge in [0, 0.05) is 24.8 Å². The van der Waals surface area contributed by atoms with Gasteiger partial charge in [0.2, 0.25) is 0 Å². The van der Waals surface area contributed by atoms with E-state index in [1.165, 1.54) is 18.4 Å². The molecule has 0 bridgehead atoms. The zero-order chi connectivity index (χ0) is 24.2. The average Bonchev–Trinajstić information content (AvgIpc) is 3.34. The van der Waals surface area contributed by atoms with E-state index in [2.05, 4.69) is 26.6 Å². The first-order valence-corrected chi connectivity index (χ1v) is 12.6. The van der Waals surface area contributed by atoms with Gasteiger partial charge < -0.3 is 15.0 Å². The van der Waals surface area contributed by atoms with Gasteiger partial charge in [-0.25, -0.2) is 4.79 Å². The number of amides is 4. The molecule has 0 spiro atoms. The number of rotatable bonds is 7. The van der Waals surface area contributed by atoms with Crippen molar-refractivity contribution in [1.29, 1.82) is 0 Å². The minimum absolute atomic E-state index is 0.0437. The van der Waals surface area contributed by atoms with Gasteiger partial charge in [0.05, 0.1) is 19.9 Å². The van der Waals surface area contributed by atoms with Crippen LogP contribution in [0.15, 0.2) is 30.6 Å². The molecule has 35 heavy (non-hydrogen) atoms. The molecule has 0 unspecified atom stereocenters. The molecule has 9 heteroatoms. The van der Waals surface area contributed by atoms with E-state index >= 15 is 0 Å². The van der Waals surface area contributed by atoms with Crippen LogP contribution in [0, 0.1) is 11.8 Å². The Labute approximate surface area is 204 Å². The molecule has 3 fully saturated rings. The van der Waals surface area contributed by atoms with E-state index in [0.717, 1.165) is 43.7 Å². The Kier molecular flexibility index (Phi) is 5.30. The van der Waals surface area contributed by atoms with Crippen molar-refractivity contribution in [2.75, 3.05) is 13.7 Å². The zero-order valence-corrected chi connectivity index (χ0v) is 20.0. The van der Waals surface area contributed by atoms with Crippen LogP contribution in [0.3, 0.4) is 0 Å². The molecule has 2 saturated carbocycles. The Bertz CT molecular complexity index is 1180. The number of hydrogen-bond acceptors (Lipinski definition) is 5. The summed E-state index contributed by atoms with van der Waals surface area (Å²) < 4.78 is 7.34. The fraction of sp³-hybridized carbons (Fsp3) is 0.538. The van der Waals surface area contributed by atoms with Crippen molar-refractivity contribution in [3.8, 4) is 5.75 Å². The molecular weight excluding hydrogens is 446 g/mol. The highest BCUT2D eigenvalue weighted by molar-refractivity contribution is 6.08. The lowest BCUT2D eigenvalue weighted by molar-refractivity contribution is -0.127. The molecule has 6 rings (SSSR count). The number of carbonyl (C=O) groups excluding carboxylic acids is 3. The molecule has 4 aliphatic rings. The molecule has 1 aromatic heterocycles. The van der Waals surface area contributed by atoms with E-state index in [-0.39, 0.29) is 24.3 Å². The third kappa shape index (κ3) is 3.96. The minimum Gasteiger partial charge on any atom is -0.497 e. The Morgan fingerprint density at radius 2 is 1.91 bits per heavy atom. The van der Waals surface area contributed by atoms with Crippen LogP contribution in [0.2, 0.25) is 0 Å². The molecule has 184 valence electrons. The second kappa shape index (κ2) is 8.39. The summed E-state index contributed by atoms with van der Waals surface area (Å²) in [6.07, 6.45) is 10.2. The van der Waals surface area contributed by atoms with Crippen molar-refractivity contribution < 1.29 is 19.1 Å². The van der Waals surface area contributed by atoms with Gasteiger partial charge in [-0.3, -0.25) is 19.6 Å². The summed E-state index contributed by atoms with van der Waals surface area (Å²) in [5, 5.41) is 9.93. The largest absolute Gasteiger partial charge is 0.497 e. The number of hydrogen-bond donors (Lipinski definition) is 2. The monoisotopic (exact) mass is 477 g/mol. The van der Waals surface area contributed by atoms with Crippen molar-refractivity contribution >= 4 is 17.8 Å². The number of carbonyl (C=O) groups is 3. The summed E-state index contributed by atoms with van der Waals surface area (Å²) >= 11 is 0. The predicted molar refractivity (Wildman–Crippen MR) is 127 cm³/mol. The Morgan fingerprint density at radius 3 is 2.60 bits per heavy atom. The quantitative estimate of drug-likeness (QED) is 0.597. The molecule has 1 atom stereocenters. The summed E-state index contributed by atoms with van der Waals surface area (Å²) in [5.41, 5.74) is 1.65. The van der Waals surface area contributed by atoms with Gasteiger partial charge >= 0.3 is 6.03 Å². The molecule has 1 aromatic carbocycles. The third-order valence-corrected chi connectivity index (χ3v) is 8.30. The molecule has 2 N–H and O–H groups in total. The van der Waals surface area contributed by atoms with Gasteiger partial charge in [-0.2, -0.15) is 5.10 Å². The Balaban J connectivity index is 1.18. The smallest absolute Gasteiger partial charge is 0.322 e. The normalized spacial score (nSPS) is 28.1. The van der Waals surface area contributed by atoms with Crippen LogP contribution in [0.5, 0.6) is 5.75 Å². The first-order chi connectivity index (χ1) is 16.9. The predicted octanol–water partition coefficient (Wildman–Crippen LogP) is 2.81. The maximum atomic E-state index is 13.2. The summed E-state index contributed by atoms with van der Waals surface area (Å²) in [5.74, 6) is 1.30. The second-order valence-corrected chi connectivity index (χ2v) is 10.6. The fourth-order valence-electron chi connectivity index (χ4n) is 6.10. The van der Waals surface area contributed by atoms with Crippen LogP contribution >= 0.6 is 0 Å². The first kappa shape index (κ1) is 22.1. The standard InChI is InChI=1S/C26H31N5O4/c1-35-21-9-6-18-13-30(23(32)22(18)10-21)15-26(24(33)28-25(34)29-26)20-7-4-17(5-8-20)19-11-27-31(14-19)12-16-2-3-16/h6,9-11,14,16-17,20H,2-5,7-8,12-13,15H2,1H3,(H2,28,29,33,34)/t17?,20?,26-/m0/s1. The lowest BCUT2D eigenvalue weighted by Gasteiger charge is -2.41. The molecule has 0 radical (unpaired) electrons. The van der Waals surface area contributed by atoms with Crippen LogP contribution in [0.25, 0.3) is 0 Å². The molecule has 9 nitrogen and oxygen atoms in total. The fourth-order valence-corrected chi connectivity index (χ4v) is 6.10. The van der Waals surface area contributed by atoms with E-state index in [0.29, 0.717) is 23.8 Å². The molecule has 2 aromatic rings. The van der Waals surface area contributed by atoms with E-state index in [9.17, 15) is 14.4 Å². The number of nitrogens with one attached hydrogen (secondary N) is 2. The number of aromatic nitrogens is 2. The van der Waals surface area contributed by atoms with Gasteiger partial charge in [0.15, 0.2) is 0 Å². The third-order valence-electron chi connectivity index (χ3n) is 8.30. The lowest BCUT2D eigenvalue weighted by Crippen LogP contribution is -2.60. The SMILES string of the molecule is COc1ccc2c(c1)C(=O)N(C[C@@]1(C3CCC(c4cnn(CC5CC5)c4)CC3)NC(=O)NC1=O)C2. The maximum absolute atomic E-state index is 13.2. The molecule has 4 amide bonds. The molecule has 3 heterocycles. The number of fused-ring (bicyclic) bond motifs is 1. The van der Waals surface area contributed by atoms with Gasteiger partial charge in [0.1, 0.15) is 11.3 Å². The maximum Gasteiger partial charge on any atom is 0.322 e. The highest BCUT2D eigenvalue weighted by Gasteiger charge is 2.54. The molecular formula is C26H31N5O4. The van der Waals surface area contributed by atoms with Crippen molar-refractivity contribution in [1.82, 2.24) is 25.3 Å². The number of methoxy groups -OCH3 is 1. The second-order valence-electron chi connectivity index (χ2n) is 10.6. The van der Waals surface area contributed by atoms with Gasteiger partial charge in [-0.15, -0.1) is 0 Å². The molecule has 2 aliphatic carbocycles. The first-order valence-electron chi connectivity index (χ1n) is 12.6. The Hall–Kier alpha value is -3.36. The summed E-state index contributed by atoms with van der Waals surface area (Å²) in [7, 11) is 1.57. The average molecular weight is 478 g/mol. The number of imide groups is 1. The highest BCUT2D eigenvalue weighted by Crippen LogP contribution is 2.42. The van der Waals surface area contributed by atoms with E-state index in [4.69, 9.17) is 4.74 Å². The van der Waals surface area contributed by atoms with Crippen molar-refractivity contribution in [3.63, 3.8) is 0 Å². The highest BCUT2D eigenvalue weighted by atomic mass is 16.5. The minimum atomic E-state index is -1.11. The topological polar surface area (TPSA) is 106 Å². The summed E-state index contributed by atoms with van der Waals surface area (Å²) in [4.78, 5) is 40.3. The van der Waals surface area contributed by atoms with Crippen LogP contribution in [0.1, 0.15) is 65.9 Å².